The third-order valence-electron chi connectivity index (χ3n) is 3.15. The van der Waals surface area contributed by atoms with E-state index in [9.17, 15) is 9.59 Å². The van der Waals surface area contributed by atoms with E-state index in [4.69, 9.17) is 9.47 Å². The predicted octanol–water partition coefficient (Wildman–Crippen LogP) is 1.54. The van der Waals surface area contributed by atoms with E-state index in [1.54, 1.807) is 25.1 Å². The van der Waals surface area contributed by atoms with Crippen molar-refractivity contribution in [2.75, 3.05) is 7.11 Å². The van der Waals surface area contributed by atoms with E-state index in [0.717, 1.165) is 0 Å². The van der Waals surface area contributed by atoms with Gasteiger partial charge in [0.1, 0.15) is 5.54 Å². The Bertz CT molecular complexity index is 556. The molecule has 0 aliphatic carbocycles. The highest BCUT2D eigenvalue weighted by molar-refractivity contribution is 6.07. The Kier molecular flexibility index (Phi) is 3.57. The molecule has 1 atom stereocenters. The van der Waals surface area contributed by atoms with Gasteiger partial charge in [-0.1, -0.05) is 6.07 Å². The first kappa shape index (κ1) is 14.2. The highest BCUT2D eigenvalue weighted by Crippen LogP contribution is 2.34. The molecule has 1 unspecified atom stereocenters. The molecular weight excluding hydrogens is 260 g/mol. The summed E-state index contributed by atoms with van der Waals surface area (Å²) >= 11 is 0. The van der Waals surface area contributed by atoms with Gasteiger partial charge in [-0.15, -0.1) is 0 Å². The molecule has 3 amide bonds. The predicted molar refractivity (Wildman–Crippen MR) is 72.8 cm³/mol. The summed E-state index contributed by atoms with van der Waals surface area (Å²) in [6, 6.07) is 4.67. The number of carbonyl (C=O) groups excluding carboxylic acids is 2. The lowest BCUT2D eigenvalue weighted by Crippen LogP contribution is -2.40. The van der Waals surface area contributed by atoms with Gasteiger partial charge in [0, 0.05) is 0 Å². The Morgan fingerprint density at radius 2 is 1.90 bits per heavy atom. The van der Waals surface area contributed by atoms with Gasteiger partial charge in [-0.25, -0.2) is 4.79 Å². The highest BCUT2D eigenvalue weighted by atomic mass is 16.5. The summed E-state index contributed by atoms with van der Waals surface area (Å²) in [6.45, 7) is 5.48. The second-order valence-corrected chi connectivity index (χ2v) is 5.07. The molecule has 108 valence electrons. The van der Waals surface area contributed by atoms with Crippen LogP contribution in [0, 0.1) is 0 Å². The van der Waals surface area contributed by atoms with Gasteiger partial charge in [-0.3, -0.25) is 10.1 Å². The zero-order chi connectivity index (χ0) is 14.9. The summed E-state index contributed by atoms with van der Waals surface area (Å²) < 4.78 is 10.9. The molecule has 0 radical (unpaired) electrons. The lowest BCUT2D eigenvalue weighted by atomic mass is 9.92. The number of amides is 3. The number of hydrogen-bond donors (Lipinski definition) is 2. The van der Waals surface area contributed by atoms with Crippen molar-refractivity contribution < 1.29 is 19.1 Å². The molecule has 0 aromatic heterocycles. The maximum atomic E-state index is 11.9. The van der Waals surface area contributed by atoms with E-state index in [-0.39, 0.29) is 12.0 Å². The maximum absolute atomic E-state index is 11.9. The van der Waals surface area contributed by atoms with Gasteiger partial charge in [-0.05, 0) is 38.5 Å². The van der Waals surface area contributed by atoms with Crippen LogP contribution in [0.5, 0.6) is 11.5 Å². The van der Waals surface area contributed by atoms with Crippen molar-refractivity contribution in [2.24, 2.45) is 0 Å². The van der Waals surface area contributed by atoms with Gasteiger partial charge in [0.25, 0.3) is 5.91 Å². The van der Waals surface area contributed by atoms with Gasteiger partial charge in [-0.2, -0.15) is 0 Å². The molecule has 1 aromatic rings. The first-order valence-electron chi connectivity index (χ1n) is 6.35. The SMILES string of the molecule is COc1cc(C2(C)NC(=O)NC2=O)ccc1OC(C)C. The van der Waals surface area contributed by atoms with E-state index in [1.807, 2.05) is 13.8 Å². The van der Waals surface area contributed by atoms with Crippen molar-refractivity contribution in [1.82, 2.24) is 10.6 Å². The molecule has 6 heteroatoms. The van der Waals surface area contributed by atoms with Crippen LogP contribution in [-0.2, 0) is 10.3 Å². The molecule has 0 bridgehead atoms. The van der Waals surface area contributed by atoms with Crippen molar-refractivity contribution in [1.29, 1.82) is 0 Å². The van der Waals surface area contributed by atoms with Crippen molar-refractivity contribution in [2.45, 2.75) is 32.4 Å². The van der Waals surface area contributed by atoms with E-state index >= 15 is 0 Å². The van der Waals surface area contributed by atoms with Crippen LogP contribution < -0.4 is 20.1 Å². The van der Waals surface area contributed by atoms with Crippen LogP contribution in [0.25, 0.3) is 0 Å². The number of imide groups is 1. The fraction of sp³-hybridized carbons (Fsp3) is 0.429. The molecular formula is C14H18N2O4. The summed E-state index contributed by atoms with van der Waals surface area (Å²) in [5.74, 6) is 0.730. The standard InChI is InChI=1S/C14H18N2O4/c1-8(2)20-10-6-5-9(7-11(10)19-4)14(3)12(17)15-13(18)16-14/h5-8H,1-4H3,(H2,15,16,17,18). The van der Waals surface area contributed by atoms with Crippen LogP contribution in [0.3, 0.4) is 0 Å². The maximum Gasteiger partial charge on any atom is 0.322 e. The fourth-order valence-electron chi connectivity index (χ4n) is 2.08. The summed E-state index contributed by atoms with van der Waals surface area (Å²) in [4.78, 5) is 23.2. The van der Waals surface area contributed by atoms with Crippen molar-refractivity contribution >= 4 is 11.9 Å². The molecule has 20 heavy (non-hydrogen) atoms. The molecule has 2 N–H and O–H groups in total. The molecule has 1 aromatic carbocycles. The van der Waals surface area contributed by atoms with Gasteiger partial charge in [0.05, 0.1) is 13.2 Å². The van der Waals surface area contributed by atoms with Crippen LogP contribution in [0.4, 0.5) is 4.79 Å². The lowest BCUT2D eigenvalue weighted by molar-refractivity contribution is -0.123. The van der Waals surface area contributed by atoms with Crippen molar-refractivity contribution in [3.63, 3.8) is 0 Å². The highest BCUT2D eigenvalue weighted by Gasteiger charge is 2.43. The van der Waals surface area contributed by atoms with Crippen LogP contribution in [0.15, 0.2) is 18.2 Å². The molecule has 0 saturated carbocycles. The number of ether oxygens (including phenoxy) is 2. The Labute approximate surface area is 117 Å². The van der Waals surface area contributed by atoms with Crippen molar-refractivity contribution in [3.05, 3.63) is 23.8 Å². The molecule has 1 heterocycles. The largest absolute Gasteiger partial charge is 0.493 e. The third kappa shape index (κ3) is 2.41. The van der Waals surface area contributed by atoms with Gasteiger partial charge in [0.15, 0.2) is 11.5 Å². The zero-order valence-corrected chi connectivity index (χ0v) is 11.9. The smallest absolute Gasteiger partial charge is 0.322 e. The number of rotatable bonds is 4. The number of benzene rings is 1. The number of carbonyl (C=O) groups is 2. The Balaban J connectivity index is 2.39. The van der Waals surface area contributed by atoms with Gasteiger partial charge in [0.2, 0.25) is 0 Å². The Morgan fingerprint density at radius 1 is 1.20 bits per heavy atom. The molecule has 1 aliphatic rings. The third-order valence-corrected chi connectivity index (χ3v) is 3.15. The number of nitrogens with one attached hydrogen (secondary N) is 2. The second kappa shape index (κ2) is 5.03. The average Bonchev–Trinajstić information content (AvgIpc) is 2.63. The summed E-state index contributed by atoms with van der Waals surface area (Å²) in [5, 5.41) is 4.84. The minimum atomic E-state index is -1.10. The molecule has 1 saturated heterocycles. The molecule has 6 nitrogen and oxygen atoms in total. The minimum absolute atomic E-state index is 0.0137. The Morgan fingerprint density at radius 3 is 2.40 bits per heavy atom. The van der Waals surface area contributed by atoms with E-state index < -0.39 is 11.6 Å². The number of urea groups is 1. The monoisotopic (exact) mass is 278 g/mol. The normalized spacial score (nSPS) is 21.6. The Hall–Kier alpha value is -2.24. The zero-order valence-electron chi connectivity index (χ0n) is 11.9. The minimum Gasteiger partial charge on any atom is -0.493 e. The molecule has 1 fully saturated rings. The van der Waals surface area contributed by atoms with E-state index in [1.165, 1.54) is 7.11 Å². The first-order valence-corrected chi connectivity index (χ1v) is 6.35. The molecule has 2 rings (SSSR count). The van der Waals surface area contributed by atoms with Crippen LogP contribution in [-0.4, -0.2) is 25.2 Å². The lowest BCUT2D eigenvalue weighted by Gasteiger charge is -2.23. The van der Waals surface area contributed by atoms with Crippen LogP contribution in [0.2, 0.25) is 0 Å². The van der Waals surface area contributed by atoms with Crippen LogP contribution >= 0.6 is 0 Å². The van der Waals surface area contributed by atoms with E-state index in [0.29, 0.717) is 17.1 Å². The van der Waals surface area contributed by atoms with Gasteiger partial charge < -0.3 is 14.8 Å². The first-order chi connectivity index (χ1) is 9.36. The van der Waals surface area contributed by atoms with Crippen molar-refractivity contribution in [3.8, 4) is 11.5 Å². The summed E-state index contributed by atoms with van der Waals surface area (Å²) in [6.07, 6.45) is 0.0137. The summed E-state index contributed by atoms with van der Waals surface area (Å²) in [5.41, 5.74) is -0.463. The van der Waals surface area contributed by atoms with E-state index in [2.05, 4.69) is 10.6 Å². The fourth-order valence-corrected chi connectivity index (χ4v) is 2.08. The number of hydrogen-bond acceptors (Lipinski definition) is 4. The molecule has 1 aliphatic heterocycles. The number of methoxy groups -OCH3 is 1. The second-order valence-electron chi connectivity index (χ2n) is 5.07. The summed E-state index contributed by atoms with van der Waals surface area (Å²) in [7, 11) is 1.53. The average molecular weight is 278 g/mol. The van der Waals surface area contributed by atoms with Crippen LogP contribution in [0.1, 0.15) is 26.3 Å². The molecule has 0 spiro atoms. The van der Waals surface area contributed by atoms with Gasteiger partial charge >= 0.3 is 6.03 Å². The quantitative estimate of drug-likeness (QED) is 0.819. The topological polar surface area (TPSA) is 76.7 Å².